The Labute approximate surface area is 135 Å². The summed E-state index contributed by atoms with van der Waals surface area (Å²) in [4.78, 5) is 18.8. The molecule has 0 spiro atoms. The van der Waals surface area contributed by atoms with Crippen molar-refractivity contribution in [3.8, 4) is 5.95 Å². The number of halogens is 1. The first-order valence-electron chi connectivity index (χ1n) is 6.59. The summed E-state index contributed by atoms with van der Waals surface area (Å²) in [5, 5.41) is 18.3. The Hall–Kier alpha value is -3.00. The van der Waals surface area contributed by atoms with E-state index in [2.05, 4.69) is 20.4 Å². The van der Waals surface area contributed by atoms with E-state index in [-0.39, 0.29) is 11.6 Å². The number of hydrogen-bond acceptors (Lipinski definition) is 6. The summed E-state index contributed by atoms with van der Waals surface area (Å²) in [6, 6.07) is 8.99. The zero-order valence-electron chi connectivity index (χ0n) is 12.0. The normalized spacial score (nSPS) is 10.5. The minimum absolute atomic E-state index is 0.129. The second kappa shape index (κ2) is 6.01. The number of aryl methyl sites for hydroxylation is 1. The molecule has 2 aromatic heterocycles. The summed E-state index contributed by atoms with van der Waals surface area (Å²) in [5.41, 5.74) is 1.25. The van der Waals surface area contributed by atoms with E-state index in [0.29, 0.717) is 22.2 Å². The van der Waals surface area contributed by atoms with Gasteiger partial charge in [-0.2, -0.15) is 14.8 Å². The number of para-hydroxylation sites is 1. The van der Waals surface area contributed by atoms with Crippen LogP contribution in [0.2, 0.25) is 5.02 Å². The second-order valence-corrected chi connectivity index (χ2v) is 5.11. The Morgan fingerprint density at radius 3 is 2.78 bits per heavy atom. The number of rotatable bonds is 4. The predicted molar refractivity (Wildman–Crippen MR) is 85.3 cm³/mol. The minimum Gasteiger partial charge on any atom is -0.339 e. The summed E-state index contributed by atoms with van der Waals surface area (Å²) in [6.45, 7) is 1.79. The van der Waals surface area contributed by atoms with E-state index in [4.69, 9.17) is 11.6 Å². The summed E-state index contributed by atoms with van der Waals surface area (Å²) >= 11 is 6.11. The average molecular weight is 331 g/mol. The molecule has 0 aliphatic carbocycles. The van der Waals surface area contributed by atoms with E-state index in [1.54, 1.807) is 19.1 Å². The first kappa shape index (κ1) is 14.9. The van der Waals surface area contributed by atoms with Crippen molar-refractivity contribution in [2.75, 3.05) is 5.32 Å². The minimum atomic E-state index is -0.526. The number of hydrogen-bond donors (Lipinski definition) is 1. The van der Waals surface area contributed by atoms with Gasteiger partial charge >= 0.3 is 5.69 Å². The molecule has 0 saturated carbocycles. The van der Waals surface area contributed by atoms with Crippen molar-refractivity contribution in [2.45, 2.75) is 6.92 Å². The molecule has 9 heteroatoms. The SMILES string of the molecule is Cc1cc(Nc2ccccc2Cl)nc(-n2cc([N+](=O)[O-])cn2)n1. The molecule has 2 heterocycles. The van der Waals surface area contributed by atoms with Gasteiger partial charge in [0.1, 0.15) is 18.2 Å². The van der Waals surface area contributed by atoms with E-state index in [1.807, 2.05) is 18.2 Å². The van der Waals surface area contributed by atoms with Crippen molar-refractivity contribution in [1.82, 2.24) is 19.7 Å². The molecule has 0 aliphatic rings. The monoisotopic (exact) mass is 330 g/mol. The molecule has 3 rings (SSSR count). The fourth-order valence-corrected chi connectivity index (χ4v) is 2.12. The Morgan fingerprint density at radius 1 is 1.30 bits per heavy atom. The van der Waals surface area contributed by atoms with E-state index in [9.17, 15) is 10.1 Å². The van der Waals surface area contributed by atoms with Gasteiger partial charge in [0.15, 0.2) is 0 Å². The third-order valence-corrected chi connectivity index (χ3v) is 3.29. The van der Waals surface area contributed by atoms with Crippen LogP contribution in [-0.2, 0) is 0 Å². The lowest BCUT2D eigenvalue weighted by atomic mass is 10.3. The molecule has 0 aliphatic heterocycles. The topological polar surface area (TPSA) is 98.8 Å². The molecule has 0 bridgehead atoms. The second-order valence-electron chi connectivity index (χ2n) is 4.70. The van der Waals surface area contributed by atoms with Crippen LogP contribution < -0.4 is 5.32 Å². The Balaban J connectivity index is 1.95. The number of aromatic nitrogens is 4. The van der Waals surface area contributed by atoms with Gasteiger partial charge in [0.25, 0.3) is 5.95 Å². The molecule has 23 heavy (non-hydrogen) atoms. The van der Waals surface area contributed by atoms with Crippen LogP contribution in [0.3, 0.4) is 0 Å². The van der Waals surface area contributed by atoms with Crippen LogP contribution in [-0.4, -0.2) is 24.7 Å². The third kappa shape index (κ3) is 3.27. The lowest BCUT2D eigenvalue weighted by molar-refractivity contribution is -0.384. The largest absolute Gasteiger partial charge is 0.339 e. The van der Waals surface area contributed by atoms with Gasteiger partial charge in [0, 0.05) is 11.8 Å². The highest BCUT2D eigenvalue weighted by Gasteiger charge is 2.13. The molecule has 8 nitrogen and oxygen atoms in total. The van der Waals surface area contributed by atoms with Crippen LogP contribution in [0.15, 0.2) is 42.7 Å². The fraction of sp³-hybridized carbons (Fsp3) is 0.0714. The summed E-state index contributed by atoms with van der Waals surface area (Å²) in [7, 11) is 0. The van der Waals surface area contributed by atoms with E-state index < -0.39 is 4.92 Å². The zero-order valence-corrected chi connectivity index (χ0v) is 12.7. The van der Waals surface area contributed by atoms with Gasteiger partial charge in [-0.05, 0) is 19.1 Å². The molecular formula is C14H11ClN6O2. The van der Waals surface area contributed by atoms with Crippen molar-refractivity contribution < 1.29 is 4.92 Å². The summed E-state index contributed by atoms with van der Waals surface area (Å²) in [6.07, 6.45) is 2.40. The van der Waals surface area contributed by atoms with Crippen LogP contribution in [0.1, 0.15) is 5.69 Å². The smallest absolute Gasteiger partial charge is 0.307 e. The number of nitrogens with one attached hydrogen (secondary N) is 1. The number of nitro groups is 1. The van der Waals surface area contributed by atoms with Crippen LogP contribution in [0.25, 0.3) is 5.95 Å². The molecule has 1 aromatic carbocycles. The maximum atomic E-state index is 10.7. The number of benzene rings is 1. The summed E-state index contributed by atoms with van der Waals surface area (Å²) < 4.78 is 1.25. The molecule has 0 saturated heterocycles. The van der Waals surface area contributed by atoms with Crippen molar-refractivity contribution in [3.05, 3.63) is 63.6 Å². The van der Waals surface area contributed by atoms with E-state index in [1.165, 1.54) is 10.9 Å². The first-order chi connectivity index (χ1) is 11.0. The van der Waals surface area contributed by atoms with E-state index in [0.717, 1.165) is 6.20 Å². The molecule has 0 radical (unpaired) electrons. The third-order valence-electron chi connectivity index (χ3n) is 2.96. The van der Waals surface area contributed by atoms with Crippen LogP contribution in [0, 0.1) is 17.0 Å². The van der Waals surface area contributed by atoms with Gasteiger partial charge < -0.3 is 5.32 Å². The number of nitrogens with zero attached hydrogens (tertiary/aromatic N) is 5. The molecular weight excluding hydrogens is 320 g/mol. The van der Waals surface area contributed by atoms with Crippen LogP contribution in [0.5, 0.6) is 0 Å². The van der Waals surface area contributed by atoms with Gasteiger partial charge in [-0.3, -0.25) is 10.1 Å². The Kier molecular flexibility index (Phi) is 3.90. The maximum Gasteiger partial charge on any atom is 0.307 e. The Bertz CT molecular complexity index is 879. The van der Waals surface area contributed by atoms with Crippen molar-refractivity contribution in [2.24, 2.45) is 0 Å². The van der Waals surface area contributed by atoms with Gasteiger partial charge in [-0.25, -0.2) is 4.98 Å². The maximum absolute atomic E-state index is 10.7. The highest BCUT2D eigenvalue weighted by atomic mass is 35.5. The quantitative estimate of drug-likeness (QED) is 0.582. The molecule has 0 atom stereocenters. The molecule has 0 unspecified atom stereocenters. The highest BCUT2D eigenvalue weighted by molar-refractivity contribution is 6.33. The fourth-order valence-electron chi connectivity index (χ4n) is 1.94. The van der Waals surface area contributed by atoms with Crippen LogP contribution in [0.4, 0.5) is 17.2 Å². The van der Waals surface area contributed by atoms with E-state index >= 15 is 0 Å². The lowest BCUT2D eigenvalue weighted by Crippen LogP contribution is -2.05. The molecule has 0 amide bonds. The van der Waals surface area contributed by atoms with Crippen molar-refractivity contribution in [1.29, 1.82) is 0 Å². The lowest BCUT2D eigenvalue weighted by Gasteiger charge is -2.09. The Morgan fingerprint density at radius 2 is 2.09 bits per heavy atom. The molecule has 116 valence electrons. The average Bonchev–Trinajstić information content (AvgIpc) is 2.99. The number of anilines is 2. The van der Waals surface area contributed by atoms with Crippen LogP contribution >= 0.6 is 11.6 Å². The molecule has 1 N–H and O–H groups in total. The van der Waals surface area contributed by atoms with Gasteiger partial charge in [-0.1, -0.05) is 23.7 Å². The van der Waals surface area contributed by atoms with Gasteiger partial charge in [0.2, 0.25) is 0 Å². The highest BCUT2D eigenvalue weighted by Crippen LogP contribution is 2.24. The summed E-state index contributed by atoms with van der Waals surface area (Å²) in [5.74, 6) is 0.742. The van der Waals surface area contributed by atoms with Gasteiger partial charge in [-0.15, -0.1) is 0 Å². The molecule has 0 fully saturated rings. The predicted octanol–water partition coefficient (Wildman–Crippen LogP) is 3.28. The zero-order chi connectivity index (χ0) is 16.4. The molecule has 3 aromatic rings. The van der Waals surface area contributed by atoms with Crippen molar-refractivity contribution in [3.63, 3.8) is 0 Å². The first-order valence-corrected chi connectivity index (χ1v) is 6.97. The standard InChI is InChI=1S/C14H11ClN6O2/c1-9-6-13(18-12-5-3-2-4-11(12)15)19-14(17-9)20-8-10(7-16-20)21(22)23/h2-8H,1H3,(H,17,18,19). The van der Waals surface area contributed by atoms with Gasteiger partial charge in [0.05, 0.1) is 15.6 Å². The van der Waals surface area contributed by atoms with Crippen molar-refractivity contribution >= 4 is 28.8 Å².